The fraction of sp³-hybridized carbons (Fsp3) is 0.105. The number of hydrazine groups is 1. The predicted octanol–water partition coefficient (Wildman–Crippen LogP) is 2.82. The van der Waals surface area contributed by atoms with Crippen LogP contribution in [-0.4, -0.2) is 25.5 Å². The normalized spacial score (nSPS) is 14.9. The highest BCUT2D eigenvalue weighted by Crippen LogP contribution is 2.37. The van der Waals surface area contributed by atoms with Crippen molar-refractivity contribution in [3.63, 3.8) is 0 Å². The Morgan fingerprint density at radius 3 is 2.67 bits per heavy atom. The molecule has 1 N–H and O–H groups in total. The minimum absolute atomic E-state index is 0.00139. The molecule has 8 heteroatoms. The molecule has 0 saturated carbocycles. The van der Waals surface area contributed by atoms with Crippen molar-refractivity contribution in [2.45, 2.75) is 0 Å². The summed E-state index contributed by atoms with van der Waals surface area (Å²) in [6, 6.07) is 14.0. The smallest absolute Gasteiger partial charge is 0.282 e. The maximum absolute atomic E-state index is 12.6. The highest BCUT2D eigenvalue weighted by molar-refractivity contribution is 9.10. The number of nitriles is 1. The van der Waals surface area contributed by atoms with E-state index in [9.17, 15) is 9.59 Å². The first-order valence-electron chi connectivity index (χ1n) is 7.84. The fourth-order valence-corrected chi connectivity index (χ4v) is 3.12. The van der Waals surface area contributed by atoms with Crippen molar-refractivity contribution in [1.82, 2.24) is 5.43 Å². The first kappa shape index (κ1) is 18.5. The lowest BCUT2D eigenvalue weighted by Crippen LogP contribution is -2.35. The van der Waals surface area contributed by atoms with Crippen molar-refractivity contribution in [1.29, 1.82) is 5.26 Å². The number of rotatable bonds is 5. The van der Waals surface area contributed by atoms with Crippen LogP contribution in [0.25, 0.3) is 6.08 Å². The Hall–Kier alpha value is -3.31. The third-order valence-corrected chi connectivity index (χ3v) is 4.34. The van der Waals surface area contributed by atoms with Crippen LogP contribution in [-0.2, 0) is 9.59 Å². The Labute approximate surface area is 163 Å². The number of anilines is 1. The Kier molecular flexibility index (Phi) is 5.43. The number of hydrogen-bond acceptors (Lipinski definition) is 5. The zero-order valence-electron chi connectivity index (χ0n) is 14.2. The molecule has 3 rings (SSSR count). The molecule has 0 aliphatic carbocycles. The van der Waals surface area contributed by atoms with Crippen LogP contribution >= 0.6 is 15.9 Å². The molecule has 2 aromatic rings. The fourth-order valence-electron chi connectivity index (χ4n) is 2.55. The number of para-hydroxylation sites is 1. The van der Waals surface area contributed by atoms with Gasteiger partial charge in [0, 0.05) is 0 Å². The summed E-state index contributed by atoms with van der Waals surface area (Å²) in [5, 5.41) is 9.88. The summed E-state index contributed by atoms with van der Waals surface area (Å²) < 4.78 is 11.2. The SMILES string of the molecule is COc1cc(C=C2C(=O)NN(c3ccccc3)C2=O)cc(Br)c1OCC#N. The molecule has 1 fully saturated rings. The second kappa shape index (κ2) is 7.93. The lowest BCUT2D eigenvalue weighted by atomic mass is 10.1. The van der Waals surface area contributed by atoms with Crippen molar-refractivity contribution in [3.05, 3.63) is 58.1 Å². The third kappa shape index (κ3) is 3.78. The molecule has 1 aliphatic heterocycles. The molecule has 0 spiro atoms. The number of benzene rings is 2. The molecule has 136 valence electrons. The van der Waals surface area contributed by atoms with E-state index in [0.717, 1.165) is 0 Å². The van der Waals surface area contributed by atoms with E-state index in [1.165, 1.54) is 18.2 Å². The Morgan fingerprint density at radius 2 is 2.00 bits per heavy atom. The van der Waals surface area contributed by atoms with Crippen LogP contribution in [0.15, 0.2) is 52.5 Å². The Morgan fingerprint density at radius 1 is 1.26 bits per heavy atom. The highest BCUT2D eigenvalue weighted by Gasteiger charge is 2.34. The van der Waals surface area contributed by atoms with Gasteiger partial charge < -0.3 is 9.47 Å². The van der Waals surface area contributed by atoms with Crippen molar-refractivity contribution in [2.75, 3.05) is 18.7 Å². The molecule has 2 aromatic carbocycles. The quantitative estimate of drug-likeness (QED) is 0.584. The Balaban J connectivity index is 1.94. The van der Waals surface area contributed by atoms with Gasteiger partial charge >= 0.3 is 0 Å². The van der Waals surface area contributed by atoms with Gasteiger partial charge in [-0.25, -0.2) is 5.01 Å². The monoisotopic (exact) mass is 427 g/mol. The largest absolute Gasteiger partial charge is 0.493 e. The highest BCUT2D eigenvalue weighted by atomic mass is 79.9. The van der Waals surface area contributed by atoms with E-state index in [-0.39, 0.29) is 12.2 Å². The zero-order valence-corrected chi connectivity index (χ0v) is 15.8. The summed E-state index contributed by atoms with van der Waals surface area (Å²) in [6.07, 6.45) is 1.47. The van der Waals surface area contributed by atoms with E-state index in [1.54, 1.807) is 36.4 Å². The number of carbonyl (C=O) groups excluding carboxylic acids is 2. The van der Waals surface area contributed by atoms with Crippen LogP contribution < -0.4 is 19.9 Å². The maximum atomic E-state index is 12.6. The predicted molar refractivity (Wildman–Crippen MR) is 102 cm³/mol. The molecular weight excluding hydrogens is 414 g/mol. The van der Waals surface area contributed by atoms with E-state index in [2.05, 4.69) is 21.4 Å². The molecule has 0 atom stereocenters. The van der Waals surface area contributed by atoms with E-state index < -0.39 is 11.8 Å². The third-order valence-electron chi connectivity index (χ3n) is 3.75. The van der Waals surface area contributed by atoms with Gasteiger partial charge in [0.05, 0.1) is 17.3 Å². The van der Waals surface area contributed by atoms with Gasteiger partial charge in [-0.2, -0.15) is 5.26 Å². The van der Waals surface area contributed by atoms with Gasteiger partial charge in [-0.3, -0.25) is 15.0 Å². The Bertz CT molecular complexity index is 967. The van der Waals surface area contributed by atoms with Gasteiger partial charge in [0.2, 0.25) is 0 Å². The van der Waals surface area contributed by atoms with Crippen LogP contribution in [0.4, 0.5) is 5.69 Å². The molecule has 1 aliphatic rings. The van der Waals surface area contributed by atoms with E-state index >= 15 is 0 Å². The number of methoxy groups -OCH3 is 1. The topological polar surface area (TPSA) is 91.7 Å². The summed E-state index contributed by atoms with van der Waals surface area (Å²) in [4.78, 5) is 24.9. The minimum Gasteiger partial charge on any atom is -0.493 e. The molecule has 0 aromatic heterocycles. The second-order valence-electron chi connectivity index (χ2n) is 5.46. The average molecular weight is 428 g/mol. The van der Waals surface area contributed by atoms with Crippen molar-refractivity contribution in [2.24, 2.45) is 0 Å². The summed E-state index contributed by atoms with van der Waals surface area (Å²) in [6.45, 7) is -0.137. The van der Waals surface area contributed by atoms with Gasteiger partial charge in [0.15, 0.2) is 18.1 Å². The van der Waals surface area contributed by atoms with Crippen molar-refractivity contribution >= 4 is 39.5 Å². The van der Waals surface area contributed by atoms with Crippen molar-refractivity contribution < 1.29 is 19.1 Å². The van der Waals surface area contributed by atoms with Gasteiger partial charge in [-0.15, -0.1) is 0 Å². The zero-order chi connectivity index (χ0) is 19.4. The summed E-state index contributed by atoms with van der Waals surface area (Å²) in [5.41, 5.74) is 3.68. The van der Waals surface area contributed by atoms with Crippen LogP contribution in [0.3, 0.4) is 0 Å². The lowest BCUT2D eigenvalue weighted by molar-refractivity contribution is -0.117. The van der Waals surface area contributed by atoms with Crippen LogP contribution in [0, 0.1) is 11.3 Å². The minimum atomic E-state index is -0.497. The van der Waals surface area contributed by atoms with Crippen molar-refractivity contribution in [3.8, 4) is 17.6 Å². The number of hydrogen-bond donors (Lipinski definition) is 1. The van der Waals surface area contributed by atoms with Crippen LogP contribution in [0.5, 0.6) is 11.5 Å². The summed E-state index contributed by atoms with van der Waals surface area (Å²) in [7, 11) is 1.46. The molecule has 27 heavy (non-hydrogen) atoms. The maximum Gasteiger partial charge on any atom is 0.282 e. The molecule has 0 bridgehead atoms. The number of carbonyl (C=O) groups is 2. The standard InChI is InChI=1S/C19H14BrN3O4/c1-26-16-11-12(10-15(20)17(16)27-8-7-21)9-14-18(24)22-23(19(14)25)13-5-3-2-4-6-13/h2-6,9-11H,8H2,1H3,(H,22,24). The van der Waals surface area contributed by atoms with E-state index in [0.29, 0.717) is 27.2 Å². The summed E-state index contributed by atoms with van der Waals surface area (Å²) in [5.74, 6) is -0.207. The first-order valence-corrected chi connectivity index (χ1v) is 8.64. The van der Waals surface area contributed by atoms with Gasteiger partial charge in [0.25, 0.3) is 11.8 Å². The number of nitrogens with zero attached hydrogens (tertiary/aromatic N) is 2. The van der Waals surface area contributed by atoms with Crippen LogP contribution in [0.2, 0.25) is 0 Å². The molecule has 2 amide bonds. The van der Waals surface area contributed by atoms with Gasteiger partial charge in [0.1, 0.15) is 11.6 Å². The molecule has 0 radical (unpaired) electrons. The number of halogens is 1. The molecule has 7 nitrogen and oxygen atoms in total. The second-order valence-corrected chi connectivity index (χ2v) is 6.31. The van der Waals surface area contributed by atoms with Gasteiger partial charge in [-0.05, 0) is 51.8 Å². The molecule has 0 unspecified atom stereocenters. The first-order chi connectivity index (χ1) is 13.0. The van der Waals surface area contributed by atoms with Crippen LogP contribution in [0.1, 0.15) is 5.56 Å². The van der Waals surface area contributed by atoms with E-state index in [4.69, 9.17) is 14.7 Å². The average Bonchev–Trinajstić information content (AvgIpc) is 2.95. The molecule has 1 saturated heterocycles. The van der Waals surface area contributed by atoms with Gasteiger partial charge in [-0.1, -0.05) is 18.2 Å². The summed E-state index contributed by atoms with van der Waals surface area (Å²) >= 11 is 3.36. The number of ether oxygens (including phenoxy) is 2. The molecular formula is C19H14BrN3O4. The lowest BCUT2D eigenvalue weighted by Gasteiger charge is -2.14. The van der Waals surface area contributed by atoms with E-state index in [1.807, 2.05) is 12.1 Å². The number of amides is 2. The number of nitrogens with one attached hydrogen (secondary N) is 1. The molecule has 1 heterocycles.